The minimum absolute atomic E-state index is 0.0167. The van der Waals surface area contributed by atoms with Crippen LogP contribution in [0, 0.1) is 5.82 Å². The predicted molar refractivity (Wildman–Crippen MR) is 108 cm³/mol. The van der Waals surface area contributed by atoms with E-state index in [1.807, 2.05) is 13.0 Å². The second-order valence-electron chi connectivity index (χ2n) is 7.49. The standard InChI is InChI=1S/C21H22FN5O3/c1-2-14-9-19(28)27-18(24-14)10-17(25-27)13-4-3-7-26(11-13)21(30)15-6-5-12(20(23)29)8-16(15)22/h5-6,8-10,13,25H,2-4,7,11H2,1H3,(H2,23,29). The van der Waals surface area contributed by atoms with Crippen LogP contribution in [0.2, 0.25) is 0 Å². The molecule has 156 valence electrons. The highest BCUT2D eigenvalue weighted by Gasteiger charge is 2.28. The maximum Gasteiger partial charge on any atom is 0.272 e. The number of fused-ring (bicyclic) bond motifs is 1. The van der Waals surface area contributed by atoms with Gasteiger partial charge in [0.25, 0.3) is 11.5 Å². The summed E-state index contributed by atoms with van der Waals surface area (Å²) in [6, 6.07) is 6.96. The van der Waals surface area contributed by atoms with E-state index in [2.05, 4.69) is 10.1 Å². The molecule has 1 unspecified atom stereocenters. The zero-order valence-corrected chi connectivity index (χ0v) is 16.5. The van der Waals surface area contributed by atoms with Gasteiger partial charge in [-0.05, 0) is 37.5 Å². The maximum atomic E-state index is 14.4. The lowest BCUT2D eigenvalue weighted by atomic mass is 9.94. The van der Waals surface area contributed by atoms with E-state index < -0.39 is 17.6 Å². The minimum Gasteiger partial charge on any atom is -0.366 e. The van der Waals surface area contributed by atoms with Crippen molar-refractivity contribution in [3.05, 3.63) is 69.0 Å². The Morgan fingerprint density at radius 3 is 2.80 bits per heavy atom. The van der Waals surface area contributed by atoms with Gasteiger partial charge in [0.15, 0.2) is 5.65 Å². The van der Waals surface area contributed by atoms with Crippen LogP contribution < -0.4 is 11.3 Å². The number of nitrogens with two attached hydrogens (primary N) is 1. The minimum atomic E-state index is -0.771. The second-order valence-corrected chi connectivity index (χ2v) is 7.49. The number of nitrogens with one attached hydrogen (secondary N) is 1. The van der Waals surface area contributed by atoms with Gasteiger partial charge in [-0.1, -0.05) is 6.92 Å². The molecule has 0 spiro atoms. The quantitative estimate of drug-likeness (QED) is 0.682. The molecule has 2 amide bonds. The van der Waals surface area contributed by atoms with Crippen LogP contribution in [-0.2, 0) is 6.42 Å². The number of rotatable bonds is 4. The molecule has 30 heavy (non-hydrogen) atoms. The molecule has 0 bridgehead atoms. The molecule has 4 rings (SSSR count). The Bertz CT molecular complexity index is 1200. The van der Waals surface area contributed by atoms with Crippen molar-refractivity contribution in [1.29, 1.82) is 0 Å². The van der Waals surface area contributed by atoms with Gasteiger partial charge in [0.1, 0.15) is 5.82 Å². The van der Waals surface area contributed by atoms with E-state index in [1.54, 1.807) is 4.90 Å². The predicted octanol–water partition coefficient (Wildman–Crippen LogP) is 1.84. The van der Waals surface area contributed by atoms with E-state index >= 15 is 0 Å². The maximum absolute atomic E-state index is 14.4. The first-order chi connectivity index (χ1) is 14.4. The van der Waals surface area contributed by atoms with Crippen molar-refractivity contribution in [2.24, 2.45) is 5.73 Å². The van der Waals surface area contributed by atoms with Crippen LogP contribution in [0.3, 0.4) is 0 Å². The summed E-state index contributed by atoms with van der Waals surface area (Å²) < 4.78 is 15.8. The summed E-state index contributed by atoms with van der Waals surface area (Å²) >= 11 is 0. The number of carbonyl (C=O) groups is 2. The van der Waals surface area contributed by atoms with Gasteiger partial charge in [0, 0.05) is 48.1 Å². The van der Waals surface area contributed by atoms with Crippen LogP contribution >= 0.6 is 0 Å². The Morgan fingerprint density at radius 1 is 1.30 bits per heavy atom. The third-order valence-electron chi connectivity index (χ3n) is 5.52. The summed E-state index contributed by atoms with van der Waals surface area (Å²) in [5.74, 6) is -1.98. The molecule has 3 heterocycles. The Kier molecular flexibility index (Phi) is 5.11. The fourth-order valence-corrected chi connectivity index (χ4v) is 3.88. The van der Waals surface area contributed by atoms with Crippen LogP contribution in [0.1, 0.15) is 57.8 Å². The summed E-state index contributed by atoms with van der Waals surface area (Å²) in [4.78, 5) is 42.4. The fourth-order valence-electron chi connectivity index (χ4n) is 3.88. The SMILES string of the molecule is CCc1cc(=O)n2[nH]c(C3CCCN(C(=O)c4ccc(C(N)=O)cc4F)C3)cc2n1. The van der Waals surface area contributed by atoms with Crippen molar-refractivity contribution >= 4 is 17.5 Å². The molecular formula is C21H22FN5O3. The van der Waals surface area contributed by atoms with Crippen molar-refractivity contribution in [1.82, 2.24) is 19.5 Å². The molecule has 1 aliphatic heterocycles. The molecule has 9 heteroatoms. The molecular weight excluding hydrogens is 389 g/mol. The van der Waals surface area contributed by atoms with E-state index in [9.17, 15) is 18.8 Å². The van der Waals surface area contributed by atoms with Gasteiger partial charge in [-0.3, -0.25) is 19.5 Å². The number of hydrogen-bond donors (Lipinski definition) is 2. The molecule has 3 N–H and O–H groups in total. The lowest BCUT2D eigenvalue weighted by Crippen LogP contribution is -2.39. The summed E-state index contributed by atoms with van der Waals surface area (Å²) in [7, 11) is 0. The number of benzene rings is 1. The Hall–Kier alpha value is -3.49. The molecule has 1 aliphatic rings. The number of aryl methyl sites for hydroxylation is 1. The van der Waals surface area contributed by atoms with Gasteiger partial charge in [-0.15, -0.1) is 0 Å². The highest BCUT2D eigenvalue weighted by atomic mass is 19.1. The summed E-state index contributed by atoms with van der Waals surface area (Å²) in [6.07, 6.45) is 2.24. The number of nitrogens with zero attached hydrogens (tertiary/aromatic N) is 3. The number of aromatic nitrogens is 3. The Balaban J connectivity index is 1.58. The fraction of sp³-hybridized carbons (Fsp3) is 0.333. The van der Waals surface area contributed by atoms with Crippen molar-refractivity contribution in [2.75, 3.05) is 13.1 Å². The topological polar surface area (TPSA) is 114 Å². The average molecular weight is 411 g/mol. The van der Waals surface area contributed by atoms with E-state index in [1.165, 1.54) is 22.7 Å². The Morgan fingerprint density at radius 2 is 2.10 bits per heavy atom. The number of H-pyrrole nitrogens is 1. The van der Waals surface area contributed by atoms with Crippen LogP contribution in [0.15, 0.2) is 35.1 Å². The van der Waals surface area contributed by atoms with Gasteiger partial charge >= 0.3 is 0 Å². The largest absolute Gasteiger partial charge is 0.366 e. The number of primary amides is 1. The molecule has 1 atom stereocenters. The van der Waals surface area contributed by atoms with E-state index in [0.29, 0.717) is 25.2 Å². The molecule has 3 aromatic rings. The summed E-state index contributed by atoms with van der Waals surface area (Å²) in [6.45, 7) is 2.83. The second kappa shape index (κ2) is 7.74. The van der Waals surface area contributed by atoms with Crippen LogP contribution in [-0.4, -0.2) is 44.4 Å². The summed E-state index contributed by atoms with van der Waals surface area (Å²) in [5.41, 5.74) is 6.99. The third kappa shape index (κ3) is 3.58. The number of amides is 2. The molecule has 8 nitrogen and oxygen atoms in total. The number of hydrogen-bond acceptors (Lipinski definition) is 4. The lowest BCUT2D eigenvalue weighted by Gasteiger charge is -2.32. The van der Waals surface area contributed by atoms with Gasteiger partial charge in [-0.2, -0.15) is 0 Å². The zero-order valence-electron chi connectivity index (χ0n) is 16.5. The lowest BCUT2D eigenvalue weighted by molar-refractivity contribution is 0.0700. The molecule has 0 radical (unpaired) electrons. The first kappa shape index (κ1) is 19.8. The molecule has 1 fully saturated rings. The van der Waals surface area contributed by atoms with E-state index in [4.69, 9.17) is 5.73 Å². The number of halogens is 1. The van der Waals surface area contributed by atoms with Crippen molar-refractivity contribution < 1.29 is 14.0 Å². The molecule has 1 saturated heterocycles. The molecule has 2 aromatic heterocycles. The molecule has 0 aliphatic carbocycles. The first-order valence-electron chi connectivity index (χ1n) is 9.87. The average Bonchev–Trinajstić information content (AvgIpc) is 3.18. The number of carbonyl (C=O) groups excluding carboxylic acids is 2. The van der Waals surface area contributed by atoms with Crippen LogP contribution in [0.4, 0.5) is 4.39 Å². The van der Waals surface area contributed by atoms with Gasteiger partial charge in [-0.25, -0.2) is 13.9 Å². The molecule has 0 saturated carbocycles. The van der Waals surface area contributed by atoms with Crippen LogP contribution in [0.25, 0.3) is 5.65 Å². The smallest absolute Gasteiger partial charge is 0.272 e. The van der Waals surface area contributed by atoms with Crippen molar-refractivity contribution in [2.45, 2.75) is 32.1 Å². The highest BCUT2D eigenvalue weighted by Crippen LogP contribution is 2.28. The normalized spacial score (nSPS) is 16.7. The Labute approximate surface area is 171 Å². The van der Waals surface area contributed by atoms with Gasteiger partial charge < -0.3 is 10.6 Å². The number of piperidine rings is 1. The van der Waals surface area contributed by atoms with Crippen molar-refractivity contribution in [3.63, 3.8) is 0 Å². The van der Waals surface area contributed by atoms with Crippen LogP contribution in [0.5, 0.6) is 0 Å². The third-order valence-corrected chi connectivity index (χ3v) is 5.52. The van der Waals surface area contributed by atoms with E-state index in [-0.39, 0.29) is 22.6 Å². The first-order valence-corrected chi connectivity index (χ1v) is 9.87. The number of aromatic amines is 1. The van der Waals surface area contributed by atoms with Gasteiger partial charge in [0.05, 0.1) is 5.56 Å². The zero-order chi connectivity index (χ0) is 21.4. The number of likely N-dealkylation sites (tertiary alicyclic amines) is 1. The van der Waals surface area contributed by atoms with Gasteiger partial charge in [0.2, 0.25) is 5.91 Å². The molecule has 1 aromatic carbocycles. The highest BCUT2D eigenvalue weighted by molar-refractivity contribution is 5.97. The monoisotopic (exact) mass is 411 g/mol. The summed E-state index contributed by atoms with van der Waals surface area (Å²) in [5, 5.41) is 3.09. The van der Waals surface area contributed by atoms with Crippen molar-refractivity contribution in [3.8, 4) is 0 Å². The van der Waals surface area contributed by atoms with E-state index in [0.717, 1.165) is 30.3 Å².